The number of carbonyl (C=O) groups is 8. The van der Waals surface area contributed by atoms with E-state index in [0.29, 0.717) is 0 Å². The lowest BCUT2D eigenvalue weighted by Crippen LogP contribution is -2.59. The molecule has 6 rings (SSSR count). The molecule has 10 atom stereocenters. The summed E-state index contributed by atoms with van der Waals surface area (Å²) in [7, 11) is 3.30. The van der Waals surface area contributed by atoms with Crippen LogP contribution in [0.25, 0.3) is 0 Å². The maximum absolute atomic E-state index is 14.7. The highest BCUT2D eigenvalue weighted by molar-refractivity contribution is 6.32. The third-order valence-corrected chi connectivity index (χ3v) is 16.1. The summed E-state index contributed by atoms with van der Waals surface area (Å²) in [6.07, 6.45) is 9.77. The van der Waals surface area contributed by atoms with Gasteiger partial charge in [-0.2, -0.15) is 0 Å². The van der Waals surface area contributed by atoms with Crippen molar-refractivity contribution in [2.24, 2.45) is 10.8 Å². The molecule has 2 fully saturated rings. The highest BCUT2D eigenvalue weighted by Crippen LogP contribution is 2.34. The highest BCUT2D eigenvalue weighted by Gasteiger charge is 2.48. The summed E-state index contributed by atoms with van der Waals surface area (Å²) in [5, 5.41) is 24.2. The molecule has 0 saturated carbocycles. The molecule has 19 heteroatoms. The van der Waals surface area contributed by atoms with E-state index in [9.17, 15) is 38.4 Å². The minimum Gasteiger partial charge on any atom is -0.348 e. The van der Waals surface area contributed by atoms with Gasteiger partial charge in [0.1, 0.15) is 24.2 Å². The van der Waals surface area contributed by atoms with Crippen molar-refractivity contribution >= 4 is 58.9 Å². The molecule has 3 unspecified atom stereocenters. The number of nitrogens with one attached hydrogen (secondary N) is 8. The first-order valence-electron chi connectivity index (χ1n) is 27.9. The number of hydrogen-bond acceptors (Lipinski definition) is 10. The van der Waals surface area contributed by atoms with Crippen LogP contribution in [0.4, 0.5) is 0 Å². The molecule has 79 heavy (non-hydrogen) atoms. The molecule has 2 aromatic rings. The van der Waals surface area contributed by atoms with E-state index in [0.717, 1.165) is 60.8 Å². The lowest BCUT2D eigenvalue weighted by molar-refractivity contribution is -0.144. The molecule has 2 aliphatic heterocycles. The zero-order valence-corrected chi connectivity index (χ0v) is 49.0. The van der Waals surface area contributed by atoms with Crippen molar-refractivity contribution in [2.75, 3.05) is 27.2 Å². The number of fused-ring (bicyclic) bond motifs is 2. The lowest BCUT2D eigenvalue weighted by atomic mass is 9.85. The Hall–Kier alpha value is -6.37. The molecule has 8 amide bonds. The Bertz CT molecular complexity index is 2700. The average Bonchev–Trinajstić information content (AvgIpc) is 4.24. The van der Waals surface area contributed by atoms with Gasteiger partial charge in [-0.1, -0.05) is 114 Å². The number of carbonyl (C=O) groups excluding carboxylic acids is 8. The zero-order chi connectivity index (χ0) is 58.1. The van der Waals surface area contributed by atoms with Crippen molar-refractivity contribution in [3.05, 3.63) is 105 Å². The van der Waals surface area contributed by atoms with E-state index in [1.807, 2.05) is 77.9 Å². The van der Waals surface area contributed by atoms with Crippen molar-refractivity contribution in [1.29, 1.82) is 0 Å². The fraction of sp³-hybridized carbons (Fsp3) is 0.567. The van der Waals surface area contributed by atoms with Crippen LogP contribution in [0.15, 0.2) is 82.9 Å². The number of allylic oxidation sites excluding steroid dienone is 3. The molecular weight excluding hydrogens is 1020 g/mol. The third-order valence-electron chi connectivity index (χ3n) is 15.9. The minimum absolute atomic E-state index is 0.0118. The molecule has 2 heterocycles. The van der Waals surface area contributed by atoms with Gasteiger partial charge in [0.15, 0.2) is 0 Å². The summed E-state index contributed by atoms with van der Waals surface area (Å²) in [4.78, 5) is 116. The van der Waals surface area contributed by atoms with Crippen molar-refractivity contribution in [3.8, 4) is 0 Å². The second-order valence-corrected chi connectivity index (χ2v) is 24.5. The van der Waals surface area contributed by atoms with Gasteiger partial charge in [0.05, 0.1) is 29.7 Å². The molecule has 2 aliphatic carbocycles. The van der Waals surface area contributed by atoms with Gasteiger partial charge in [0.2, 0.25) is 41.4 Å². The predicted molar refractivity (Wildman–Crippen MR) is 306 cm³/mol. The van der Waals surface area contributed by atoms with Crippen LogP contribution >= 0.6 is 11.6 Å². The SMILES string of the molecule is CNC(C)C(=O)N[C@H](C(=O)N1C[C@@H](NC(=O)C(/C=C\C=C(/C)C(=O)N[C@H]2C[C@@H](C(=O)NC3CCCc4ccccc43)N(C(=O)C(NC(=O)[C@H](C)NC)C(C)(C)C)C2)=C(/C)Cl)C[C@H]1C(=O)N[C@@H]1CCCc2ccccc21)C(C)(C)C. The number of likely N-dealkylation sites (tertiary alicyclic amines) is 2. The predicted octanol–water partition coefficient (Wildman–Crippen LogP) is 4.84. The number of benzene rings is 2. The first-order chi connectivity index (χ1) is 37.2. The van der Waals surface area contributed by atoms with Gasteiger partial charge < -0.3 is 52.3 Å². The van der Waals surface area contributed by atoms with Gasteiger partial charge in [-0.15, -0.1) is 0 Å². The van der Waals surface area contributed by atoms with Gasteiger partial charge in [-0.3, -0.25) is 38.4 Å². The molecule has 8 N–H and O–H groups in total. The van der Waals surface area contributed by atoms with E-state index >= 15 is 0 Å². The van der Waals surface area contributed by atoms with E-state index < -0.39 is 82.8 Å². The van der Waals surface area contributed by atoms with E-state index in [-0.39, 0.29) is 77.8 Å². The van der Waals surface area contributed by atoms with Crippen molar-refractivity contribution in [2.45, 2.75) is 181 Å². The fourth-order valence-corrected chi connectivity index (χ4v) is 11.1. The second kappa shape index (κ2) is 26.7. The summed E-state index contributed by atoms with van der Waals surface area (Å²) in [5.41, 5.74) is 3.26. The second-order valence-electron chi connectivity index (χ2n) is 23.9. The van der Waals surface area contributed by atoms with E-state index in [4.69, 9.17) is 11.6 Å². The number of likely N-dealkylation sites (N-methyl/N-ethyl adjacent to an activating group) is 2. The number of rotatable bonds is 18. The zero-order valence-electron chi connectivity index (χ0n) is 48.2. The molecule has 2 saturated heterocycles. The van der Waals surface area contributed by atoms with Crippen LogP contribution in [0.2, 0.25) is 0 Å². The van der Waals surface area contributed by atoms with Gasteiger partial charge in [-0.25, -0.2) is 0 Å². The monoisotopic (exact) mass is 1110 g/mol. The lowest BCUT2D eigenvalue weighted by Gasteiger charge is -2.36. The van der Waals surface area contributed by atoms with Crippen LogP contribution in [-0.4, -0.2) is 133 Å². The standard InChI is InChI=1S/C60H85ClN10O8/c1-34(51(72)64-40-30-47(55(76)66-45-28-18-23-38-21-13-15-25-43(38)45)70(32-40)57(78)49(59(5,6)7)68-52(73)36(3)62-11)20-17-27-42(35(2)61)54(75)65-41-31-48(56(77)67-46-29-19-24-39-22-14-16-26-44(39)46)71(33-41)58(79)50(60(8,9)10)69-53(74)37(4)63-12/h13-17,20-22,25-27,36-37,40-41,45-50,62-63H,18-19,23-24,28-33H2,1-12H3,(H,64,72)(H,65,75)(H,66,76)(H,67,77)(H,68,73)(H,69,74)/b27-17-,34-20+,42-35-/t36-,37?,40-,41-,45?,46+,47-,48-,49?,50+/m0/s1. The first-order valence-corrected chi connectivity index (χ1v) is 28.3. The molecule has 0 aromatic heterocycles. The van der Waals surface area contributed by atoms with Crippen LogP contribution in [0.3, 0.4) is 0 Å². The minimum atomic E-state index is -1.000. The van der Waals surface area contributed by atoms with Crippen LogP contribution in [0, 0.1) is 10.8 Å². The molecule has 430 valence electrons. The van der Waals surface area contributed by atoms with Gasteiger partial charge >= 0.3 is 0 Å². The largest absolute Gasteiger partial charge is 0.348 e. The van der Waals surface area contributed by atoms with E-state index in [2.05, 4.69) is 54.7 Å². The van der Waals surface area contributed by atoms with Crippen LogP contribution in [0.5, 0.6) is 0 Å². The average molecular weight is 1110 g/mol. The summed E-state index contributed by atoms with van der Waals surface area (Å²) in [5.74, 6) is -3.38. The summed E-state index contributed by atoms with van der Waals surface area (Å²) in [6, 6.07) is 9.07. The van der Waals surface area contributed by atoms with Gasteiger partial charge in [0.25, 0.3) is 5.91 Å². The smallest absolute Gasteiger partial charge is 0.252 e. The maximum Gasteiger partial charge on any atom is 0.252 e. The summed E-state index contributed by atoms with van der Waals surface area (Å²) < 4.78 is 0. The summed E-state index contributed by atoms with van der Waals surface area (Å²) in [6.45, 7) is 17.6. The molecule has 18 nitrogen and oxygen atoms in total. The molecule has 2 aromatic carbocycles. The Kier molecular flexibility index (Phi) is 20.9. The highest BCUT2D eigenvalue weighted by atomic mass is 35.5. The Labute approximate surface area is 471 Å². The maximum atomic E-state index is 14.7. The normalized spacial score (nSPS) is 23.2. The quantitative estimate of drug-likeness (QED) is 0.0747. The van der Waals surface area contributed by atoms with E-state index in [1.165, 1.54) is 28.0 Å². The van der Waals surface area contributed by atoms with Crippen LogP contribution < -0.4 is 42.5 Å². The molecule has 0 radical (unpaired) electrons. The Morgan fingerprint density at radius 3 is 1.41 bits per heavy atom. The number of nitrogens with zero attached hydrogens (tertiary/aromatic N) is 2. The van der Waals surface area contributed by atoms with E-state index in [1.54, 1.807) is 41.8 Å². The topological polar surface area (TPSA) is 239 Å². The summed E-state index contributed by atoms with van der Waals surface area (Å²) >= 11 is 6.57. The van der Waals surface area contributed by atoms with Crippen molar-refractivity contribution < 1.29 is 38.4 Å². The van der Waals surface area contributed by atoms with Gasteiger partial charge in [0, 0.05) is 35.8 Å². The Balaban J connectivity index is 1.17. The number of amides is 8. The number of aryl methyl sites for hydroxylation is 2. The number of hydrogen-bond donors (Lipinski definition) is 8. The molecule has 4 aliphatic rings. The van der Waals surface area contributed by atoms with Gasteiger partial charge in [-0.05, 0) is 132 Å². The Morgan fingerprint density at radius 2 is 1.01 bits per heavy atom. The Morgan fingerprint density at radius 1 is 0.608 bits per heavy atom. The van der Waals surface area contributed by atoms with Crippen LogP contribution in [-0.2, 0) is 51.2 Å². The molecule has 0 spiro atoms. The van der Waals surface area contributed by atoms with Crippen molar-refractivity contribution in [1.82, 2.24) is 52.3 Å². The molecular formula is C60H85ClN10O8. The third kappa shape index (κ3) is 15.5. The van der Waals surface area contributed by atoms with Crippen LogP contribution in [0.1, 0.15) is 142 Å². The fourth-order valence-electron chi connectivity index (χ4n) is 10.9. The van der Waals surface area contributed by atoms with Crippen molar-refractivity contribution in [3.63, 3.8) is 0 Å². The first kappa shape index (κ1) is 61.8. The molecule has 0 bridgehead atoms. The number of halogens is 1.